The number of Topliss-reactive ketones (excluding diaryl/α,β-unsaturated/α-hetero) is 1. The molecule has 2 N–H and O–H groups in total. The smallest absolute Gasteiger partial charge is 0.255 e. The molecule has 6 nitrogen and oxygen atoms in total. The number of hydrogen-bond donors (Lipinski definition) is 2. The Morgan fingerprint density at radius 2 is 1.97 bits per heavy atom. The summed E-state index contributed by atoms with van der Waals surface area (Å²) in [5.74, 6) is -3.35. The van der Waals surface area contributed by atoms with Gasteiger partial charge in [-0.3, -0.25) is 14.5 Å². The maximum Gasteiger partial charge on any atom is 0.255 e. The number of alkyl halides is 2. The van der Waals surface area contributed by atoms with Gasteiger partial charge < -0.3 is 15.2 Å². The van der Waals surface area contributed by atoms with Gasteiger partial charge in [0.1, 0.15) is 12.4 Å². The molecule has 2 aromatic carbocycles. The van der Waals surface area contributed by atoms with Crippen LogP contribution < -0.4 is 10.1 Å². The molecule has 0 aromatic heterocycles. The first-order valence-corrected chi connectivity index (χ1v) is 10.6. The van der Waals surface area contributed by atoms with Crippen LogP contribution in [0, 0.1) is 5.92 Å². The van der Waals surface area contributed by atoms with Gasteiger partial charge in [-0.2, -0.15) is 0 Å². The number of halogens is 2. The predicted molar refractivity (Wildman–Crippen MR) is 114 cm³/mol. The summed E-state index contributed by atoms with van der Waals surface area (Å²) in [5, 5.41) is 11.6. The second-order valence-corrected chi connectivity index (χ2v) is 8.55. The van der Waals surface area contributed by atoms with Crippen LogP contribution in [0.4, 0.5) is 8.78 Å². The largest absolute Gasteiger partial charge is 0.493 e. The van der Waals surface area contributed by atoms with Gasteiger partial charge in [-0.05, 0) is 35.7 Å². The molecule has 2 atom stereocenters. The molecule has 1 amide bonds. The minimum atomic E-state index is -2.62. The van der Waals surface area contributed by atoms with Gasteiger partial charge >= 0.3 is 0 Å². The number of carbonyl (C=O) groups excluding carboxylic acids is 2. The van der Waals surface area contributed by atoms with E-state index >= 15 is 0 Å². The Labute approximate surface area is 185 Å². The molecule has 0 saturated heterocycles. The van der Waals surface area contributed by atoms with Crippen LogP contribution >= 0.6 is 0 Å². The lowest BCUT2D eigenvalue weighted by Crippen LogP contribution is -2.34. The molecule has 32 heavy (non-hydrogen) atoms. The Balaban J connectivity index is 1.35. The summed E-state index contributed by atoms with van der Waals surface area (Å²) in [5.41, 5.74) is 3.44. The monoisotopic (exact) mass is 444 g/mol. The van der Waals surface area contributed by atoms with Crippen molar-refractivity contribution >= 4 is 11.7 Å². The number of ketones is 1. The predicted octanol–water partition coefficient (Wildman–Crippen LogP) is 3.09. The fourth-order valence-electron chi connectivity index (χ4n) is 3.93. The van der Waals surface area contributed by atoms with E-state index in [4.69, 9.17) is 9.84 Å². The van der Waals surface area contributed by atoms with E-state index in [1.54, 1.807) is 12.1 Å². The number of benzene rings is 2. The molecule has 8 heteroatoms. The Morgan fingerprint density at radius 1 is 1.25 bits per heavy atom. The quantitative estimate of drug-likeness (QED) is 0.654. The van der Waals surface area contributed by atoms with E-state index < -0.39 is 24.4 Å². The van der Waals surface area contributed by atoms with E-state index in [1.165, 1.54) is 0 Å². The van der Waals surface area contributed by atoms with Crippen LogP contribution in [-0.4, -0.2) is 47.4 Å². The molecule has 0 spiro atoms. The van der Waals surface area contributed by atoms with Crippen LogP contribution in [0.15, 0.2) is 42.5 Å². The van der Waals surface area contributed by atoms with Crippen molar-refractivity contribution in [2.45, 2.75) is 38.4 Å². The van der Waals surface area contributed by atoms with Crippen molar-refractivity contribution in [3.8, 4) is 5.75 Å². The van der Waals surface area contributed by atoms with Crippen LogP contribution in [0.5, 0.6) is 5.75 Å². The maximum atomic E-state index is 13.0. The van der Waals surface area contributed by atoms with Gasteiger partial charge in [-0.25, -0.2) is 8.78 Å². The molecular weight excluding hydrogens is 418 g/mol. The fraction of sp³-hybridized carbons (Fsp3) is 0.417. The Morgan fingerprint density at radius 3 is 2.62 bits per heavy atom. The summed E-state index contributed by atoms with van der Waals surface area (Å²) < 4.78 is 31.5. The molecule has 0 bridgehead atoms. The molecule has 1 fully saturated rings. The van der Waals surface area contributed by atoms with Crippen molar-refractivity contribution in [2.24, 2.45) is 5.92 Å². The number of rotatable bonds is 8. The lowest BCUT2D eigenvalue weighted by Gasteiger charge is -2.28. The molecule has 1 saturated carbocycles. The normalized spacial score (nSPS) is 20.4. The third-order valence-electron chi connectivity index (χ3n) is 5.96. The molecule has 1 aliphatic heterocycles. The van der Waals surface area contributed by atoms with E-state index in [2.05, 4.69) is 5.32 Å². The first-order valence-electron chi connectivity index (χ1n) is 10.6. The minimum absolute atomic E-state index is 0.0228. The zero-order valence-corrected chi connectivity index (χ0v) is 17.8. The maximum absolute atomic E-state index is 13.0. The molecule has 1 unspecified atom stereocenters. The lowest BCUT2D eigenvalue weighted by atomic mass is 9.97. The Hall–Kier alpha value is -2.84. The van der Waals surface area contributed by atoms with E-state index in [0.717, 1.165) is 16.7 Å². The summed E-state index contributed by atoms with van der Waals surface area (Å²) >= 11 is 0. The number of fused-ring (bicyclic) bond motifs is 1. The number of amides is 1. The van der Waals surface area contributed by atoms with Crippen LogP contribution in [0.1, 0.15) is 46.4 Å². The summed E-state index contributed by atoms with van der Waals surface area (Å²) in [4.78, 5) is 26.1. The third kappa shape index (κ3) is 5.14. The van der Waals surface area contributed by atoms with Crippen molar-refractivity contribution in [1.29, 1.82) is 0 Å². The SMILES string of the molecule is C[C@H](NC(=O)CO)c1ccc(CN2CC(=O)c3cc(OCC4CC4(F)F)ccc3C2)cc1. The topological polar surface area (TPSA) is 78.9 Å². The van der Waals surface area contributed by atoms with Gasteiger partial charge in [0.05, 0.1) is 25.1 Å². The van der Waals surface area contributed by atoms with Crippen LogP contribution in [0.25, 0.3) is 0 Å². The number of nitrogens with zero attached hydrogens (tertiary/aromatic N) is 1. The number of hydrogen-bond acceptors (Lipinski definition) is 5. The molecule has 170 valence electrons. The number of nitrogens with one attached hydrogen (secondary N) is 1. The number of carbonyl (C=O) groups is 2. The summed E-state index contributed by atoms with van der Waals surface area (Å²) in [6.45, 7) is 2.73. The zero-order valence-electron chi connectivity index (χ0n) is 17.8. The summed E-state index contributed by atoms with van der Waals surface area (Å²) in [6, 6.07) is 12.8. The highest BCUT2D eigenvalue weighted by atomic mass is 19.3. The van der Waals surface area contributed by atoms with Gasteiger partial charge in [0.15, 0.2) is 5.78 Å². The molecule has 2 aliphatic rings. The summed E-state index contributed by atoms with van der Waals surface area (Å²) in [6.07, 6.45) is -0.136. The van der Waals surface area contributed by atoms with Crippen molar-refractivity contribution in [1.82, 2.24) is 10.2 Å². The van der Waals surface area contributed by atoms with Gasteiger partial charge in [-0.15, -0.1) is 0 Å². The van der Waals surface area contributed by atoms with Gasteiger partial charge in [0.2, 0.25) is 5.91 Å². The van der Waals surface area contributed by atoms with E-state index in [9.17, 15) is 18.4 Å². The first kappa shape index (κ1) is 22.4. The average molecular weight is 444 g/mol. The second kappa shape index (κ2) is 8.96. The van der Waals surface area contributed by atoms with Gasteiger partial charge in [0.25, 0.3) is 5.92 Å². The van der Waals surface area contributed by atoms with Gasteiger partial charge in [-0.1, -0.05) is 30.3 Å². The molecule has 2 aromatic rings. The van der Waals surface area contributed by atoms with Gasteiger partial charge in [0, 0.05) is 25.1 Å². The third-order valence-corrected chi connectivity index (χ3v) is 5.96. The minimum Gasteiger partial charge on any atom is -0.493 e. The molecule has 1 heterocycles. The van der Waals surface area contributed by atoms with Crippen molar-refractivity contribution in [2.75, 3.05) is 19.8 Å². The Bertz CT molecular complexity index is 1010. The highest BCUT2D eigenvalue weighted by Gasteiger charge is 2.57. The van der Waals surface area contributed by atoms with Crippen molar-refractivity contribution < 1.29 is 28.2 Å². The number of ether oxygens (including phenoxy) is 1. The second-order valence-electron chi connectivity index (χ2n) is 8.55. The highest BCUT2D eigenvalue weighted by Crippen LogP contribution is 2.48. The van der Waals surface area contributed by atoms with Crippen LogP contribution in [0.3, 0.4) is 0 Å². The highest BCUT2D eigenvalue weighted by molar-refractivity contribution is 6.00. The first-order chi connectivity index (χ1) is 15.2. The molecule has 0 radical (unpaired) electrons. The standard InChI is InChI=1S/C24H26F2N2O4/c1-15(27-23(31)13-29)17-4-2-16(3-5-17)10-28-11-18-6-7-20(8-21(18)22(30)12-28)32-14-19-9-24(19,25)26/h2-8,15,19,29H,9-14H2,1H3,(H,27,31)/t15-,19?/m0/s1. The molecular formula is C24H26F2N2O4. The fourth-order valence-corrected chi connectivity index (χ4v) is 3.93. The Kier molecular flexibility index (Phi) is 6.26. The molecule has 4 rings (SSSR count). The van der Waals surface area contributed by atoms with Crippen LogP contribution in [0.2, 0.25) is 0 Å². The number of aliphatic hydroxyl groups excluding tert-OH is 1. The van der Waals surface area contributed by atoms with E-state index in [0.29, 0.717) is 24.4 Å². The number of aliphatic hydroxyl groups is 1. The van der Waals surface area contributed by atoms with E-state index in [1.807, 2.05) is 42.2 Å². The molecule has 1 aliphatic carbocycles. The summed E-state index contributed by atoms with van der Waals surface area (Å²) in [7, 11) is 0. The van der Waals surface area contributed by atoms with Crippen molar-refractivity contribution in [3.05, 3.63) is 64.7 Å². The van der Waals surface area contributed by atoms with Crippen LogP contribution in [-0.2, 0) is 17.9 Å². The van der Waals surface area contributed by atoms with E-state index in [-0.39, 0.29) is 31.4 Å². The zero-order chi connectivity index (χ0) is 22.9. The average Bonchev–Trinajstić information content (AvgIpc) is 3.39. The lowest BCUT2D eigenvalue weighted by molar-refractivity contribution is -0.124. The van der Waals surface area contributed by atoms with Crippen molar-refractivity contribution in [3.63, 3.8) is 0 Å².